The van der Waals surface area contributed by atoms with Gasteiger partial charge in [0.05, 0.1) is 30.4 Å². The molecular weight excluding hydrogens is 442 g/mol. The Morgan fingerprint density at radius 3 is 2.66 bits per heavy atom. The van der Waals surface area contributed by atoms with Gasteiger partial charge in [-0.1, -0.05) is 42.1 Å². The summed E-state index contributed by atoms with van der Waals surface area (Å²) < 4.78 is 10.6. The molecule has 0 unspecified atom stereocenters. The minimum absolute atomic E-state index is 0.0316. The summed E-state index contributed by atoms with van der Waals surface area (Å²) in [6.45, 7) is 0.542. The van der Waals surface area contributed by atoms with Gasteiger partial charge in [0, 0.05) is 11.9 Å². The number of thiophene rings is 1. The van der Waals surface area contributed by atoms with Crippen molar-refractivity contribution in [1.82, 2.24) is 15.3 Å². The fourth-order valence-corrected chi connectivity index (χ4v) is 4.75. The maximum absolute atomic E-state index is 12.5. The number of para-hydroxylation sites is 1. The highest BCUT2D eigenvalue weighted by Gasteiger charge is 2.12. The first-order valence-electron chi connectivity index (χ1n) is 10.1. The minimum Gasteiger partial charge on any atom is -0.493 e. The number of carbonyl (C=O) groups excluding carboxylic acids is 1. The van der Waals surface area contributed by atoms with E-state index in [2.05, 4.69) is 10.3 Å². The molecule has 164 valence electrons. The Labute approximate surface area is 195 Å². The molecule has 32 heavy (non-hydrogen) atoms. The van der Waals surface area contributed by atoms with Crippen molar-refractivity contribution in [3.8, 4) is 22.2 Å². The molecule has 4 aromatic rings. The van der Waals surface area contributed by atoms with Crippen LogP contribution >= 0.6 is 23.1 Å². The van der Waals surface area contributed by atoms with Gasteiger partial charge in [-0.25, -0.2) is 9.97 Å². The molecule has 0 aliphatic rings. The van der Waals surface area contributed by atoms with Crippen LogP contribution in [0.4, 0.5) is 0 Å². The second-order valence-electron chi connectivity index (χ2n) is 6.92. The zero-order chi connectivity index (χ0) is 22.3. The number of benzene rings is 2. The second kappa shape index (κ2) is 10.5. The number of thioether (sulfide) groups is 1. The van der Waals surface area contributed by atoms with Crippen molar-refractivity contribution in [1.29, 1.82) is 0 Å². The first-order valence-corrected chi connectivity index (χ1v) is 12.0. The van der Waals surface area contributed by atoms with Crippen molar-refractivity contribution in [2.45, 2.75) is 11.4 Å². The lowest BCUT2D eigenvalue weighted by Crippen LogP contribution is -2.27. The van der Waals surface area contributed by atoms with Crippen LogP contribution in [0.3, 0.4) is 0 Å². The molecule has 2 aromatic heterocycles. The Hall–Kier alpha value is -3.10. The van der Waals surface area contributed by atoms with Crippen LogP contribution in [0.1, 0.15) is 5.56 Å². The van der Waals surface area contributed by atoms with E-state index in [0.29, 0.717) is 30.3 Å². The van der Waals surface area contributed by atoms with Crippen LogP contribution in [0, 0.1) is 0 Å². The fourth-order valence-electron chi connectivity index (χ4n) is 3.24. The highest BCUT2D eigenvalue weighted by molar-refractivity contribution is 8.00. The monoisotopic (exact) mass is 465 g/mol. The van der Waals surface area contributed by atoms with Gasteiger partial charge in [-0.05, 0) is 41.6 Å². The van der Waals surface area contributed by atoms with Crippen LogP contribution in [0.25, 0.3) is 21.6 Å². The minimum atomic E-state index is -0.0316. The van der Waals surface area contributed by atoms with Gasteiger partial charge in [-0.15, -0.1) is 11.3 Å². The molecule has 0 atom stereocenters. The molecule has 6 nitrogen and oxygen atoms in total. The fraction of sp³-hybridized carbons (Fsp3) is 0.208. The average Bonchev–Trinajstić information content (AvgIpc) is 3.37. The van der Waals surface area contributed by atoms with E-state index in [1.54, 1.807) is 25.6 Å². The maximum Gasteiger partial charge on any atom is 0.230 e. The van der Waals surface area contributed by atoms with Gasteiger partial charge in [0.1, 0.15) is 5.03 Å². The lowest BCUT2D eigenvalue weighted by molar-refractivity contribution is -0.118. The molecule has 2 heterocycles. The Balaban J connectivity index is 1.38. The lowest BCUT2D eigenvalue weighted by Gasteiger charge is -2.10. The molecule has 1 amide bonds. The summed E-state index contributed by atoms with van der Waals surface area (Å²) in [6.07, 6.45) is 0.704. The van der Waals surface area contributed by atoms with E-state index in [1.165, 1.54) is 11.8 Å². The summed E-state index contributed by atoms with van der Waals surface area (Å²) in [7, 11) is 3.22. The van der Waals surface area contributed by atoms with Crippen molar-refractivity contribution in [2.24, 2.45) is 0 Å². The number of fused-ring (bicyclic) bond motifs is 1. The molecule has 0 bridgehead atoms. The predicted octanol–water partition coefficient (Wildman–Crippen LogP) is 4.83. The number of aromatic nitrogens is 2. The number of methoxy groups -OCH3 is 2. The van der Waals surface area contributed by atoms with Crippen molar-refractivity contribution >= 4 is 39.9 Å². The molecule has 0 radical (unpaired) electrons. The van der Waals surface area contributed by atoms with Gasteiger partial charge in [0.15, 0.2) is 17.3 Å². The Morgan fingerprint density at radius 2 is 1.88 bits per heavy atom. The molecule has 0 aliphatic heterocycles. The Morgan fingerprint density at radius 1 is 1.03 bits per heavy atom. The third kappa shape index (κ3) is 5.20. The van der Waals surface area contributed by atoms with Crippen molar-refractivity contribution in [3.63, 3.8) is 0 Å². The average molecular weight is 466 g/mol. The molecule has 0 spiro atoms. The van der Waals surface area contributed by atoms with Crippen LogP contribution < -0.4 is 14.8 Å². The van der Waals surface area contributed by atoms with E-state index in [1.807, 2.05) is 60.0 Å². The van der Waals surface area contributed by atoms with Crippen molar-refractivity contribution in [3.05, 3.63) is 65.5 Å². The van der Waals surface area contributed by atoms with Crippen LogP contribution in [0.5, 0.6) is 11.5 Å². The molecular formula is C24H23N3O3S2. The smallest absolute Gasteiger partial charge is 0.230 e. The number of hydrogen-bond donors (Lipinski definition) is 1. The van der Waals surface area contributed by atoms with E-state index in [0.717, 1.165) is 26.4 Å². The summed E-state index contributed by atoms with van der Waals surface area (Å²) in [5.41, 5.74) is 1.94. The third-order valence-electron chi connectivity index (χ3n) is 4.83. The van der Waals surface area contributed by atoms with Gasteiger partial charge in [0.2, 0.25) is 5.91 Å². The number of amides is 1. The Kier molecular flexibility index (Phi) is 7.24. The molecule has 0 saturated carbocycles. The SMILES string of the molecule is COc1ccc(CCNC(=O)CSc2nc(-c3cccs3)nc3ccccc23)cc1OC. The summed E-state index contributed by atoms with van der Waals surface area (Å²) in [6, 6.07) is 17.7. The quantitative estimate of drug-likeness (QED) is 0.282. The van der Waals surface area contributed by atoms with Crippen LogP contribution in [0.15, 0.2) is 65.0 Å². The summed E-state index contributed by atoms with van der Waals surface area (Å²) in [5, 5.41) is 6.76. The number of ether oxygens (including phenoxy) is 2. The van der Waals surface area contributed by atoms with Crippen LogP contribution in [-0.2, 0) is 11.2 Å². The van der Waals surface area contributed by atoms with Gasteiger partial charge in [0.25, 0.3) is 0 Å². The first-order chi connectivity index (χ1) is 15.7. The van der Waals surface area contributed by atoms with Gasteiger partial charge < -0.3 is 14.8 Å². The van der Waals surface area contributed by atoms with Crippen molar-refractivity contribution in [2.75, 3.05) is 26.5 Å². The van der Waals surface area contributed by atoms with E-state index in [-0.39, 0.29) is 11.7 Å². The second-order valence-corrected chi connectivity index (χ2v) is 8.84. The van der Waals surface area contributed by atoms with E-state index >= 15 is 0 Å². The molecule has 8 heteroatoms. The largest absolute Gasteiger partial charge is 0.493 e. The van der Waals surface area contributed by atoms with E-state index in [4.69, 9.17) is 14.5 Å². The molecule has 1 N–H and O–H groups in total. The highest BCUT2D eigenvalue weighted by Crippen LogP contribution is 2.30. The molecule has 4 rings (SSSR count). The molecule has 2 aromatic carbocycles. The maximum atomic E-state index is 12.5. The number of carbonyl (C=O) groups is 1. The number of nitrogens with zero attached hydrogens (tertiary/aromatic N) is 2. The normalized spacial score (nSPS) is 10.8. The standard InChI is InChI=1S/C24H23N3O3S2/c1-29-19-10-9-16(14-20(19)30-2)11-12-25-22(28)15-32-24-17-6-3-4-7-18(17)26-23(27-24)21-8-5-13-31-21/h3-10,13-14H,11-12,15H2,1-2H3,(H,25,28). The highest BCUT2D eigenvalue weighted by atomic mass is 32.2. The van der Waals surface area contributed by atoms with E-state index < -0.39 is 0 Å². The first kappa shape index (κ1) is 22.1. The van der Waals surface area contributed by atoms with Crippen LogP contribution in [-0.4, -0.2) is 42.4 Å². The zero-order valence-corrected chi connectivity index (χ0v) is 19.5. The predicted molar refractivity (Wildman–Crippen MR) is 130 cm³/mol. The lowest BCUT2D eigenvalue weighted by atomic mass is 10.1. The number of hydrogen-bond acceptors (Lipinski definition) is 7. The molecule has 0 saturated heterocycles. The van der Waals surface area contributed by atoms with Crippen molar-refractivity contribution < 1.29 is 14.3 Å². The number of rotatable bonds is 9. The zero-order valence-electron chi connectivity index (χ0n) is 17.8. The van der Waals surface area contributed by atoms with Gasteiger partial charge in [-0.3, -0.25) is 4.79 Å². The summed E-state index contributed by atoms with van der Waals surface area (Å²) in [4.78, 5) is 22.9. The summed E-state index contributed by atoms with van der Waals surface area (Å²) in [5.74, 6) is 2.32. The van der Waals surface area contributed by atoms with Gasteiger partial charge >= 0.3 is 0 Å². The topological polar surface area (TPSA) is 73.3 Å². The van der Waals surface area contributed by atoms with Gasteiger partial charge in [-0.2, -0.15) is 0 Å². The third-order valence-corrected chi connectivity index (χ3v) is 6.69. The Bertz CT molecular complexity index is 1210. The number of nitrogens with one attached hydrogen (secondary N) is 1. The molecule has 0 aliphatic carbocycles. The summed E-state index contributed by atoms with van der Waals surface area (Å²) >= 11 is 3.03. The van der Waals surface area contributed by atoms with Crippen LogP contribution in [0.2, 0.25) is 0 Å². The molecule has 0 fully saturated rings. The van der Waals surface area contributed by atoms with E-state index in [9.17, 15) is 4.79 Å².